The molecule has 3 nitrogen and oxygen atoms in total. The predicted octanol–water partition coefficient (Wildman–Crippen LogP) is 2.27. The summed E-state index contributed by atoms with van der Waals surface area (Å²) in [5, 5.41) is 0. The van der Waals surface area contributed by atoms with Crippen molar-refractivity contribution in [2.75, 3.05) is 7.11 Å². The average molecular weight is 186 g/mol. The van der Waals surface area contributed by atoms with Gasteiger partial charge in [-0.1, -0.05) is 13.8 Å². The lowest BCUT2D eigenvalue weighted by Gasteiger charge is -2.02. The summed E-state index contributed by atoms with van der Waals surface area (Å²) in [7, 11) is 1.38. The average Bonchev–Trinajstić information content (AvgIpc) is 2.14. The Kier molecular flexibility index (Phi) is 4.96. The van der Waals surface area contributed by atoms with E-state index in [1.807, 2.05) is 13.8 Å². The van der Waals surface area contributed by atoms with E-state index in [1.54, 1.807) is 13.8 Å². The topological polar surface area (TPSA) is 35.0 Å². The molecule has 74 valence electrons. The number of aromatic nitrogens is 2. The van der Waals surface area contributed by atoms with E-state index in [0.717, 1.165) is 0 Å². The molecule has 4 heteroatoms. The zero-order valence-corrected chi connectivity index (χ0v) is 8.68. The fraction of sp³-hybridized carbons (Fsp3) is 0.556. The van der Waals surface area contributed by atoms with Gasteiger partial charge in [-0.15, -0.1) is 0 Å². The highest BCUT2D eigenvalue weighted by molar-refractivity contribution is 5.17. The van der Waals surface area contributed by atoms with Crippen molar-refractivity contribution in [3.05, 3.63) is 17.3 Å². The number of aryl methyl sites for hydroxylation is 2. The van der Waals surface area contributed by atoms with Crippen molar-refractivity contribution in [3.63, 3.8) is 0 Å². The molecule has 0 aliphatic heterocycles. The standard InChI is InChI=1S/C7H9FN2O.C2H6/c1-4-6(8)7(11-3)10-5(2)9-4;1-2/h1-3H3;1-2H3. The summed E-state index contributed by atoms with van der Waals surface area (Å²) in [6, 6.07) is 0. The molecule has 0 spiro atoms. The molecule has 0 aromatic carbocycles. The van der Waals surface area contributed by atoms with Gasteiger partial charge in [-0.25, -0.2) is 4.98 Å². The second kappa shape index (κ2) is 5.45. The van der Waals surface area contributed by atoms with Crippen molar-refractivity contribution < 1.29 is 9.13 Å². The maximum absolute atomic E-state index is 12.9. The molecule has 0 aliphatic rings. The smallest absolute Gasteiger partial charge is 0.253 e. The highest BCUT2D eigenvalue weighted by atomic mass is 19.1. The lowest BCUT2D eigenvalue weighted by Crippen LogP contribution is -2.00. The summed E-state index contributed by atoms with van der Waals surface area (Å²) in [5.74, 6) is 0.0360. The number of methoxy groups -OCH3 is 1. The molecular formula is C9H15FN2O. The number of halogens is 1. The molecule has 0 atom stereocenters. The number of hydrogen-bond acceptors (Lipinski definition) is 3. The Hall–Kier alpha value is -1.19. The minimum atomic E-state index is -0.488. The first-order valence-electron chi connectivity index (χ1n) is 4.20. The zero-order valence-electron chi connectivity index (χ0n) is 8.68. The van der Waals surface area contributed by atoms with Crippen LogP contribution < -0.4 is 4.74 Å². The lowest BCUT2D eigenvalue weighted by atomic mass is 10.4. The van der Waals surface area contributed by atoms with E-state index < -0.39 is 5.82 Å². The van der Waals surface area contributed by atoms with Crippen LogP contribution in [0.4, 0.5) is 4.39 Å². The highest BCUT2D eigenvalue weighted by Gasteiger charge is 2.08. The molecule has 1 rings (SSSR count). The minimum absolute atomic E-state index is 0.00926. The van der Waals surface area contributed by atoms with E-state index in [0.29, 0.717) is 11.5 Å². The van der Waals surface area contributed by atoms with Crippen molar-refractivity contribution >= 4 is 0 Å². The number of nitrogens with zero attached hydrogens (tertiary/aromatic N) is 2. The summed E-state index contributed by atoms with van der Waals surface area (Å²) in [4.78, 5) is 7.56. The van der Waals surface area contributed by atoms with E-state index in [-0.39, 0.29) is 5.88 Å². The Balaban J connectivity index is 0.000000671. The van der Waals surface area contributed by atoms with Gasteiger partial charge in [-0.3, -0.25) is 0 Å². The third-order valence-corrected chi connectivity index (χ3v) is 1.29. The Morgan fingerprint density at radius 1 is 1.15 bits per heavy atom. The van der Waals surface area contributed by atoms with Gasteiger partial charge in [-0.05, 0) is 13.8 Å². The fourth-order valence-corrected chi connectivity index (χ4v) is 0.803. The maximum atomic E-state index is 12.9. The zero-order chi connectivity index (χ0) is 10.4. The number of ether oxygens (including phenoxy) is 1. The SMILES string of the molecule is CC.COc1nc(C)nc(C)c1F. The van der Waals surface area contributed by atoms with Gasteiger partial charge in [-0.2, -0.15) is 9.37 Å². The van der Waals surface area contributed by atoms with Crippen LogP contribution in [0.5, 0.6) is 5.88 Å². The van der Waals surface area contributed by atoms with Crippen LogP contribution in [0.15, 0.2) is 0 Å². The van der Waals surface area contributed by atoms with E-state index in [4.69, 9.17) is 0 Å². The van der Waals surface area contributed by atoms with Gasteiger partial charge in [0.25, 0.3) is 5.88 Å². The van der Waals surface area contributed by atoms with Crippen LogP contribution in [0.2, 0.25) is 0 Å². The number of rotatable bonds is 1. The van der Waals surface area contributed by atoms with E-state index in [2.05, 4.69) is 14.7 Å². The highest BCUT2D eigenvalue weighted by Crippen LogP contribution is 2.14. The van der Waals surface area contributed by atoms with Crippen molar-refractivity contribution in [1.29, 1.82) is 0 Å². The van der Waals surface area contributed by atoms with Crippen LogP contribution in [-0.2, 0) is 0 Å². The summed E-state index contributed by atoms with van der Waals surface area (Å²) in [6.45, 7) is 7.27. The van der Waals surface area contributed by atoms with Gasteiger partial charge in [0.2, 0.25) is 5.82 Å². The van der Waals surface area contributed by atoms with Gasteiger partial charge in [0.15, 0.2) is 0 Å². The quantitative estimate of drug-likeness (QED) is 0.674. The molecule has 1 heterocycles. The summed E-state index contributed by atoms with van der Waals surface area (Å²) >= 11 is 0. The normalized spacial score (nSPS) is 8.77. The molecule has 0 fully saturated rings. The minimum Gasteiger partial charge on any atom is -0.479 e. The monoisotopic (exact) mass is 186 g/mol. The first kappa shape index (κ1) is 11.8. The molecule has 13 heavy (non-hydrogen) atoms. The molecular weight excluding hydrogens is 171 g/mol. The Morgan fingerprint density at radius 2 is 1.69 bits per heavy atom. The van der Waals surface area contributed by atoms with Gasteiger partial charge in [0, 0.05) is 0 Å². The Bertz CT molecular complexity index is 277. The van der Waals surface area contributed by atoms with Crippen molar-refractivity contribution in [2.24, 2.45) is 0 Å². The maximum Gasteiger partial charge on any atom is 0.253 e. The van der Waals surface area contributed by atoms with Gasteiger partial charge >= 0.3 is 0 Å². The van der Waals surface area contributed by atoms with Crippen LogP contribution in [-0.4, -0.2) is 17.1 Å². The van der Waals surface area contributed by atoms with Crippen molar-refractivity contribution in [3.8, 4) is 5.88 Å². The van der Waals surface area contributed by atoms with Crippen LogP contribution in [0.1, 0.15) is 25.4 Å². The van der Waals surface area contributed by atoms with Crippen molar-refractivity contribution in [2.45, 2.75) is 27.7 Å². The van der Waals surface area contributed by atoms with Gasteiger partial charge in [0.05, 0.1) is 12.8 Å². The molecule has 0 N–H and O–H groups in total. The summed E-state index contributed by atoms with van der Waals surface area (Å²) < 4.78 is 17.6. The molecule has 0 radical (unpaired) electrons. The molecule has 0 unspecified atom stereocenters. The molecule has 0 bridgehead atoms. The third kappa shape index (κ3) is 2.97. The summed E-state index contributed by atoms with van der Waals surface area (Å²) in [5.41, 5.74) is 0.314. The predicted molar refractivity (Wildman–Crippen MR) is 49.4 cm³/mol. The Labute approximate surface area is 78.0 Å². The van der Waals surface area contributed by atoms with Crippen LogP contribution in [0, 0.1) is 19.7 Å². The summed E-state index contributed by atoms with van der Waals surface area (Å²) in [6.07, 6.45) is 0. The van der Waals surface area contributed by atoms with Crippen LogP contribution in [0.3, 0.4) is 0 Å². The molecule has 0 saturated carbocycles. The van der Waals surface area contributed by atoms with Crippen molar-refractivity contribution in [1.82, 2.24) is 9.97 Å². The lowest BCUT2D eigenvalue weighted by molar-refractivity contribution is 0.363. The van der Waals surface area contributed by atoms with Crippen LogP contribution >= 0.6 is 0 Å². The first-order valence-corrected chi connectivity index (χ1v) is 4.20. The largest absolute Gasteiger partial charge is 0.479 e. The van der Waals surface area contributed by atoms with E-state index in [9.17, 15) is 4.39 Å². The van der Waals surface area contributed by atoms with Gasteiger partial charge in [0.1, 0.15) is 5.82 Å². The van der Waals surface area contributed by atoms with Gasteiger partial charge < -0.3 is 4.74 Å². The van der Waals surface area contributed by atoms with E-state index >= 15 is 0 Å². The Morgan fingerprint density at radius 3 is 2.15 bits per heavy atom. The molecule has 1 aromatic rings. The third-order valence-electron chi connectivity index (χ3n) is 1.29. The van der Waals surface area contributed by atoms with Crippen LogP contribution in [0.25, 0.3) is 0 Å². The number of hydrogen-bond donors (Lipinski definition) is 0. The fourth-order valence-electron chi connectivity index (χ4n) is 0.803. The molecule has 0 saturated heterocycles. The van der Waals surface area contributed by atoms with E-state index in [1.165, 1.54) is 7.11 Å². The molecule has 1 aromatic heterocycles. The molecule has 0 aliphatic carbocycles. The second-order valence-corrected chi connectivity index (χ2v) is 2.18. The second-order valence-electron chi connectivity index (χ2n) is 2.18. The first-order chi connectivity index (χ1) is 6.15. The molecule has 0 amide bonds.